The summed E-state index contributed by atoms with van der Waals surface area (Å²) in [5.74, 6) is 0.708. The van der Waals surface area contributed by atoms with Crippen LogP contribution in [0, 0.1) is 11.3 Å². The molecule has 1 heterocycles. The maximum Gasteiger partial charge on any atom is 0.0623 e. The number of ether oxygens (including phenoxy) is 2. The van der Waals surface area contributed by atoms with Crippen LogP contribution in [0.1, 0.15) is 47.0 Å². The molecule has 1 aliphatic heterocycles. The van der Waals surface area contributed by atoms with E-state index in [-0.39, 0.29) is 5.60 Å². The predicted molar refractivity (Wildman–Crippen MR) is 75.9 cm³/mol. The molecule has 0 aromatic carbocycles. The quantitative estimate of drug-likeness (QED) is 0.725. The lowest BCUT2D eigenvalue weighted by Crippen LogP contribution is -2.38. The minimum absolute atomic E-state index is 0.0202. The Bertz CT molecular complexity index is 233. The van der Waals surface area contributed by atoms with Gasteiger partial charge in [0, 0.05) is 25.7 Å². The second kappa shape index (κ2) is 6.88. The van der Waals surface area contributed by atoms with Crippen LogP contribution in [0.3, 0.4) is 0 Å². The molecule has 0 aromatic rings. The Balaban J connectivity index is 2.42. The van der Waals surface area contributed by atoms with Crippen molar-refractivity contribution in [3.8, 4) is 0 Å². The van der Waals surface area contributed by atoms with Gasteiger partial charge in [0.2, 0.25) is 0 Å². The summed E-state index contributed by atoms with van der Waals surface area (Å²) in [6, 6.07) is 0. The average Bonchev–Trinajstić information content (AvgIpc) is 2.76. The third kappa shape index (κ3) is 5.25. The second-order valence-corrected chi connectivity index (χ2v) is 6.79. The van der Waals surface area contributed by atoms with Crippen molar-refractivity contribution in [2.75, 3.05) is 33.4 Å². The van der Waals surface area contributed by atoms with Crippen LogP contribution in [0.5, 0.6) is 0 Å². The van der Waals surface area contributed by atoms with Gasteiger partial charge in [-0.3, -0.25) is 0 Å². The number of rotatable bonds is 8. The van der Waals surface area contributed by atoms with Gasteiger partial charge in [0.25, 0.3) is 0 Å². The van der Waals surface area contributed by atoms with E-state index in [0.717, 1.165) is 32.7 Å². The first-order valence-electron chi connectivity index (χ1n) is 7.23. The van der Waals surface area contributed by atoms with Crippen LogP contribution in [-0.4, -0.2) is 39.0 Å². The lowest BCUT2D eigenvalue weighted by atomic mass is 9.79. The summed E-state index contributed by atoms with van der Waals surface area (Å²) in [5.41, 5.74) is 0.304. The van der Waals surface area contributed by atoms with Gasteiger partial charge < -0.3 is 14.8 Å². The Labute approximate surface area is 113 Å². The first-order valence-corrected chi connectivity index (χ1v) is 7.23. The van der Waals surface area contributed by atoms with E-state index in [1.807, 2.05) is 0 Å². The Kier molecular flexibility index (Phi) is 6.09. The standard InChI is InChI=1S/C15H31NO2/c1-13(2)10-16-11-15(8-9-18-12-15)7-6-14(3,4)17-5/h13,16H,6-12H2,1-5H3. The van der Waals surface area contributed by atoms with Crippen LogP contribution in [0.2, 0.25) is 0 Å². The summed E-state index contributed by atoms with van der Waals surface area (Å²) < 4.78 is 11.2. The highest BCUT2D eigenvalue weighted by Gasteiger charge is 2.36. The molecule has 0 radical (unpaired) electrons. The van der Waals surface area contributed by atoms with E-state index in [2.05, 4.69) is 33.0 Å². The molecule has 1 unspecified atom stereocenters. The molecule has 1 saturated heterocycles. The number of methoxy groups -OCH3 is 1. The summed E-state index contributed by atoms with van der Waals surface area (Å²) in [7, 11) is 1.80. The largest absolute Gasteiger partial charge is 0.381 e. The Hall–Kier alpha value is -0.120. The average molecular weight is 257 g/mol. The minimum atomic E-state index is -0.0202. The van der Waals surface area contributed by atoms with Gasteiger partial charge >= 0.3 is 0 Å². The molecule has 1 fully saturated rings. The summed E-state index contributed by atoms with van der Waals surface area (Å²) in [5, 5.41) is 3.60. The van der Waals surface area contributed by atoms with Gasteiger partial charge in [-0.05, 0) is 45.6 Å². The third-order valence-electron chi connectivity index (χ3n) is 4.05. The van der Waals surface area contributed by atoms with E-state index in [4.69, 9.17) is 9.47 Å². The molecular weight excluding hydrogens is 226 g/mol. The van der Waals surface area contributed by atoms with E-state index >= 15 is 0 Å². The number of hydrogen-bond acceptors (Lipinski definition) is 3. The molecular formula is C15H31NO2. The fraction of sp³-hybridized carbons (Fsp3) is 1.00. The van der Waals surface area contributed by atoms with Gasteiger partial charge in [-0.2, -0.15) is 0 Å². The third-order valence-corrected chi connectivity index (χ3v) is 4.05. The van der Waals surface area contributed by atoms with Gasteiger partial charge in [-0.1, -0.05) is 13.8 Å². The molecule has 0 aromatic heterocycles. The van der Waals surface area contributed by atoms with Crippen molar-refractivity contribution >= 4 is 0 Å². The molecule has 1 N–H and O–H groups in total. The molecule has 108 valence electrons. The van der Waals surface area contributed by atoms with Crippen molar-refractivity contribution in [2.45, 2.75) is 52.6 Å². The number of nitrogens with one attached hydrogen (secondary N) is 1. The zero-order valence-corrected chi connectivity index (χ0v) is 12.8. The van der Waals surface area contributed by atoms with Crippen molar-refractivity contribution in [1.29, 1.82) is 0 Å². The van der Waals surface area contributed by atoms with Crippen molar-refractivity contribution in [2.24, 2.45) is 11.3 Å². The van der Waals surface area contributed by atoms with Crippen LogP contribution < -0.4 is 5.32 Å². The Morgan fingerprint density at radius 1 is 1.39 bits per heavy atom. The molecule has 0 aliphatic carbocycles. The summed E-state index contributed by atoms with van der Waals surface area (Å²) in [6.07, 6.45) is 3.45. The van der Waals surface area contributed by atoms with Gasteiger partial charge in [0.15, 0.2) is 0 Å². The molecule has 1 rings (SSSR count). The molecule has 0 bridgehead atoms. The van der Waals surface area contributed by atoms with Crippen LogP contribution in [0.15, 0.2) is 0 Å². The topological polar surface area (TPSA) is 30.5 Å². The van der Waals surface area contributed by atoms with Gasteiger partial charge in [-0.15, -0.1) is 0 Å². The zero-order valence-electron chi connectivity index (χ0n) is 12.8. The van der Waals surface area contributed by atoms with E-state index in [1.165, 1.54) is 12.8 Å². The molecule has 3 heteroatoms. The Morgan fingerprint density at radius 2 is 2.11 bits per heavy atom. The first kappa shape index (κ1) is 15.9. The first-order chi connectivity index (χ1) is 8.39. The lowest BCUT2D eigenvalue weighted by molar-refractivity contribution is 0.00212. The molecule has 18 heavy (non-hydrogen) atoms. The molecule has 1 aliphatic rings. The van der Waals surface area contributed by atoms with Crippen LogP contribution in [0.25, 0.3) is 0 Å². The lowest BCUT2D eigenvalue weighted by Gasteiger charge is -2.32. The molecule has 1 atom stereocenters. The van der Waals surface area contributed by atoms with Crippen molar-refractivity contribution in [1.82, 2.24) is 5.32 Å². The van der Waals surface area contributed by atoms with Gasteiger partial charge in [-0.25, -0.2) is 0 Å². The highest BCUT2D eigenvalue weighted by atomic mass is 16.5. The highest BCUT2D eigenvalue weighted by molar-refractivity contribution is 4.87. The fourth-order valence-electron chi connectivity index (χ4n) is 2.37. The van der Waals surface area contributed by atoms with E-state index in [0.29, 0.717) is 11.3 Å². The van der Waals surface area contributed by atoms with Crippen LogP contribution in [-0.2, 0) is 9.47 Å². The van der Waals surface area contributed by atoms with Crippen LogP contribution >= 0.6 is 0 Å². The maximum absolute atomic E-state index is 5.64. The smallest absolute Gasteiger partial charge is 0.0623 e. The Morgan fingerprint density at radius 3 is 2.61 bits per heavy atom. The molecule has 3 nitrogen and oxygen atoms in total. The number of hydrogen-bond donors (Lipinski definition) is 1. The molecule has 0 spiro atoms. The molecule has 0 saturated carbocycles. The van der Waals surface area contributed by atoms with Gasteiger partial charge in [0.05, 0.1) is 12.2 Å². The van der Waals surface area contributed by atoms with Crippen molar-refractivity contribution < 1.29 is 9.47 Å². The summed E-state index contributed by atoms with van der Waals surface area (Å²) in [6.45, 7) is 12.8. The second-order valence-electron chi connectivity index (χ2n) is 6.79. The predicted octanol–water partition coefficient (Wildman–Crippen LogP) is 2.84. The zero-order chi connectivity index (χ0) is 13.6. The summed E-state index contributed by atoms with van der Waals surface area (Å²) in [4.78, 5) is 0. The summed E-state index contributed by atoms with van der Waals surface area (Å²) >= 11 is 0. The van der Waals surface area contributed by atoms with Crippen molar-refractivity contribution in [3.05, 3.63) is 0 Å². The van der Waals surface area contributed by atoms with Gasteiger partial charge in [0.1, 0.15) is 0 Å². The molecule has 0 amide bonds. The fourth-order valence-corrected chi connectivity index (χ4v) is 2.37. The van der Waals surface area contributed by atoms with E-state index in [9.17, 15) is 0 Å². The minimum Gasteiger partial charge on any atom is -0.381 e. The van der Waals surface area contributed by atoms with E-state index < -0.39 is 0 Å². The SMILES string of the molecule is COC(C)(C)CCC1(CNCC(C)C)CCOC1. The van der Waals surface area contributed by atoms with E-state index in [1.54, 1.807) is 7.11 Å². The van der Waals surface area contributed by atoms with Crippen molar-refractivity contribution in [3.63, 3.8) is 0 Å². The monoisotopic (exact) mass is 257 g/mol. The van der Waals surface area contributed by atoms with Crippen LogP contribution in [0.4, 0.5) is 0 Å². The normalized spacial score (nSPS) is 25.0. The highest BCUT2D eigenvalue weighted by Crippen LogP contribution is 2.35. The maximum atomic E-state index is 5.64.